The van der Waals surface area contributed by atoms with Crippen molar-refractivity contribution in [1.82, 2.24) is 4.90 Å². The van der Waals surface area contributed by atoms with Crippen LogP contribution in [0, 0.1) is 5.41 Å². The van der Waals surface area contributed by atoms with E-state index in [1.807, 2.05) is 0 Å². The van der Waals surface area contributed by atoms with Crippen molar-refractivity contribution in [2.24, 2.45) is 11.1 Å². The summed E-state index contributed by atoms with van der Waals surface area (Å²) in [5, 5.41) is 0. The highest BCUT2D eigenvalue weighted by atomic mass is 16.5. The Morgan fingerprint density at radius 3 is 2.24 bits per heavy atom. The van der Waals surface area contributed by atoms with Gasteiger partial charge in [-0.15, -0.1) is 0 Å². The molecule has 0 amide bonds. The molecule has 0 radical (unpaired) electrons. The highest BCUT2D eigenvalue weighted by molar-refractivity contribution is 5.79. The maximum atomic E-state index is 11.4. The van der Waals surface area contributed by atoms with Crippen molar-refractivity contribution in [2.75, 3.05) is 27.2 Å². The van der Waals surface area contributed by atoms with Crippen LogP contribution in [-0.2, 0) is 9.53 Å². The first-order chi connectivity index (χ1) is 7.58. The van der Waals surface area contributed by atoms with Crippen LogP contribution in [0.1, 0.15) is 40.5 Å². The highest BCUT2D eigenvalue weighted by Gasteiger charge is 2.28. The molecule has 1 atom stereocenters. The standard InChI is InChI=1S/C13H28N2O2/c1-12(2,3)10-15(5)9-7-8-13(4,14)11(16)17-6/h7-10,14H2,1-6H3. The second-order valence-electron chi connectivity index (χ2n) is 6.31. The Morgan fingerprint density at radius 1 is 1.29 bits per heavy atom. The summed E-state index contributed by atoms with van der Waals surface area (Å²) in [5.74, 6) is -0.337. The van der Waals surface area contributed by atoms with E-state index >= 15 is 0 Å². The normalized spacial score (nSPS) is 15.8. The van der Waals surface area contributed by atoms with Gasteiger partial charge in [0.05, 0.1) is 7.11 Å². The van der Waals surface area contributed by atoms with E-state index < -0.39 is 5.54 Å². The molecule has 0 aliphatic rings. The number of hydrogen-bond acceptors (Lipinski definition) is 4. The number of carbonyl (C=O) groups is 1. The van der Waals surface area contributed by atoms with Crippen molar-refractivity contribution in [3.63, 3.8) is 0 Å². The predicted molar refractivity (Wildman–Crippen MR) is 70.8 cm³/mol. The van der Waals surface area contributed by atoms with E-state index in [0.29, 0.717) is 11.8 Å². The van der Waals surface area contributed by atoms with Crippen LogP contribution in [0.2, 0.25) is 0 Å². The number of esters is 1. The molecule has 0 fully saturated rings. The van der Waals surface area contributed by atoms with E-state index in [1.165, 1.54) is 7.11 Å². The molecular formula is C13H28N2O2. The van der Waals surface area contributed by atoms with Crippen LogP contribution in [-0.4, -0.2) is 43.7 Å². The SMILES string of the molecule is COC(=O)C(C)(N)CCCN(C)CC(C)(C)C. The molecule has 0 saturated heterocycles. The lowest BCUT2D eigenvalue weighted by atomic mass is 9.95. The van der Waals surface area contributed by atoms with E-state index in [4.69, 9.17) is 5.73 Å². The minimum absolute atomic E-state index is 0.295. The van der Waals surface area contributed by atoms with Gasteiger partial charge in [-0.25, -0.2) is 0 Å². The average molecular weight is 244 g/mol. The van der Waals surface area contributed by atoms with Crippen LogP contribution in [0.5, 0.6) is 0 Å². The molecule has 4 heteroatoms. The Labute approximate surface area is 105 Å². The zero-order valence-electron chi connectivity index (χ0n) is 12.2. The topological polar surface area (TPSA) is 55.6 Å². The van der Waals surface area contributed by atoms with Crippen molar-refractivity contribution in [1.29, 1.82) is 0 Å². The average Bonchev–Trinajstić information content (AvgIpc) is 2.13. The summed E-state index contributed by atoms with van der Waals surface area (Å²) >= 11 is 0. The molecule has 0 aliphatic heterocycles. The maximum Gasteiger partial charge on any atom is 0.325 e. The van der Waals surface area contributed by atoms with Crippen molar-refractivity contribution < 1.29 is 9.53 Å². The zero-order chi connectivity index (χ0) is 13.7. The summed E-state index contributed by atoms with van der Waals surface area (Å²) in [6.07, 6.45) is 1.54. The van der Waals surface area contributed by atoms with Gasteiger partial charge in [-0.05, 0) is 38.8 Å². The van der Waals surface area contributed by atoms with Gasteiger partial charge in [0.1, 0.15) is 5.54 Å². The van der Waals surface area contributed by atoms with E-state index in [-0.39, 0.29) is 5.97 Å². The van der Waals surface area contributed by atoms with Crippen LogP contribution < -0.4 is 5.73 Å². The first kappa shape index (κ1) is 16.4. The minimum Gasteiger partial charge on any atom is -0.468 e. The Balaban J connectivity index is 3.95. The van der Waals surface area contributed by atoms with Crippen LogP contribution in [0.3, 0.4) is 0 Å². The lowest BCUT2D eigenvalue weighted by Crippen LogP contribution is -2.46. The van der Waals surface area contributed by atoms with Gasteiger partial charge in [0.2, 0.25) is 0 Å². The van der Waals surface area contributed by atoms with Gasteiger partial charge in [-0.1, -0.05) is 20.8 Å². The Bertz CT molecular complexity index is 244. The lowest BCUT2D eigenvalue weighted by Gasteiger charge is -2.28. The molecule has 0 aliphatic carbocycles. The Kier molecular flexibility index (Phi) is 6.13. The largest absolute Gasteiger partial charge is 0.468 e. The first-order valence-electron chi connectivity index (χ1n) is 6.14. The molecule has 4 nitrogen and oxygen atoms in total. The zero-order valence-corrected chi connectivity index (χ0v) is 12.2. The molecular weight excluding hydrogens is 216 g/mol. The summed E-state index contributed by atoms with van der Waals surface area (Å²) in [4.78, 5) is 13.6. The third kappa shape index (κ3) is 7.34. The monoisotopic (exact) mass is 244 g/mol. The van der Waals surface area contributed by atoms with Crippen LogP contribution in [0.4, 0.5) is 0 Å². The molecule has 102 valence electrons. The van der Waals surface area contributed by atoms with Gasteiger partial charge in [0.25, 0.3) is 0 Å². The van der Waals surface area contributed by atoms with Crippen molar-refractivity contribution in [3.8, 4) is 0 Å². The fourth-order valence-electron chi connectivity index (χ4n) is 1.94. The number of methoxy groups -OCH3 is 1. The third-order valence-electron chi connectivity index (χ3n) is 2.63. The van der Waals surface area contributed by atoms with Gasteiger partial charge in [0, 0.05) is 6.54 Å². The molecule has 0 aromatic rings. The van der Waals surface area contributed by atoms with Gasteiger partial charge < -0.3 is 15.4 Å². The van der Waals surface area contributed by atoms with E-state index in [0.717, 1.165) is 19.5 Å². The molecule has 0 bridgehead atoms. The number of carbonyl (C=O) groups excluding carboxylic acids is 1. The fraction of sp³-hybridized carbons (Fsp3) is 0.923. The van der Waals surface area contributed by atoms with Crippen LogP contribution in [0.15, 0.2) is 0 Å². The van der Waals surface area contributed by atoms with Gasteiger partial charge >= 0.3 is 5.97 Å². The summed E-state index contributed by atoms with van der Waals surface area (Å²) in [6.45, 7) is 10.3. The molecule has 0 heterocycles. The molecule has 0 spiro atoms. The molecule has 17 heavy (non-hydrogen) atoms. The summed E-state index contributed by atoms with van der Waals surface area (Å²) < 4.78 is 4.68. The van der Waals surface area contributed by atoms with Gasteiger partial charge in [-0.2, -0.15) is 0 Å². The van der Waals surface area contributed by atoms with E-state index in [9.17, 15) is 4.79 Å². The summed E-state index contributed by atoms with van der Waals surface area (Å²) in [5.41, 5.74) is 5.32. The molecule has 1 unspecified atom stereocenters. The minimum atomic E-state index is -0.864. The first-order valence-corrected chi connectivity index (χ1v) is 6.14. The quantitative estimate of drug-likeness (QED) is 0.722. The number of ether oxygens (including phenoxy) is 1. The highest BCUT2D eigenvalue weighted by Crippen LogP contribution is 2.16. The number of hydrogen-bond donors (Lipinski definition) is 1. The predicted octanol–water partition coefficient (Wildman–Crippen LogP) is 1.63. The fourth-order valence-corrected chi connectivity index (χ4v) is 1.94. The van der Waals surface area contributed by atoms with E-state index in [2.05, 4.69) is 37.5 Å². The lowest BCUT2D eigenvalue weighted by molar-refractivity contribution is -0.146. The smallest absolute Gasteiger partial charge is 0.325 e. The van der Waals surface area contributed by atoms with Crippen molar-refractivity contribution in [2.45, 2.75) is 46.1 Å². The third-order valence-corrected chi connectivity index (χ3v) is 2.63. The van der Waals surface area contributed by atoms with Gasteiger partial charge in [0.15, 0.2) is 0 Å². The van der Waals surface area contributed by atoms with Gasteiger partial charge in [-0.3, -0.25) is 4.79 Å². The van der Waals surface area contributed by atoms with Crippen molar-refractivity contribution in [3.05, 3.63) is 0 Å². The molecule has 0 rings (SSSR count). The Hall–Kier alpha value is -0.610. The van der Waals surface area contributed by atoms with Crippen LogP contribution >= 0.6 is 0 Å². The van der Waals surface area contributed by atoms with Crippen molar-refractivity contribution >= 4 is 5.97 Å². The summed E-state index contributed by atoms with van der Waals surface area (Å²) in [7, 11) is 3.47. The molecule has 0 aromatic carbocycles. The Morgan fingerprint density at radius 2 is 1.82 bits per heavy atom. The molecule has 0 aromatic heterocycles. The van der Waals surface area contributed by atoms with E-state index in [1.54, 1.807) is 6.92 Å². The number of rotatable bonds is 6. The second kappa shape index (κ2) is 6.36. The second-order valence-corrected chi connectivity index (χ2v) is 6.31. The maximum absolute atomic E-state index is 11.4. The summed E-state index contributed by atoms with van der Waals surface area (Å²) in [6, 6.07) is 0. The van der Waals surface area contributed by atoms with Crippen LogP contribution in [0.25, 0.3) is 0 Å². The number of nitrogens with two attached hydrogens (primary N) is 1. The molecule has 0 saturated carbocycles. The molecule has 2 N–H and O–H groups in total. The number of nitrogens with zero attached hydrogens (tertiary/aromatic N) is 1.